The molecule has 0 saturated carbocycles. The number of ether oxygens (including phenoxy) is 2. The molecule has 0 radical (unpaired) electrons. The van der Waals surface area contributed by atoms with Crippen LogP contribution in [0, 0.1) is 5.92 Å². The maximum Gasteiger partial charge on any atom is 0.257 e. The van der Waals surface area contributed by atoms with Gasteiger partial charge in [0, 0.05) is 37.6 Å². The van der Waals surface area contributed by atoms with Crippen LogP contribution >= 0.6 is 0 Å². The van der Waals surface area contributed by atoms with E-state index in [2.05, 4.69) is 41.6 Å². The molecule has 0 spiro atoms. The average Bonchev–Trinajstić information content (AvgIpc) is 3.00. The van der Waals surface area contributed by atoms with E-state index in [9.17, 15) is 9.59 Å². The minimum atomic E-state index is -0.230. The maximum absolute atomic E-state index is 13.7. The third-order valence-corrected chi connectivity index (χ3v) is 8.28. The van der Waals surface area contributed by atoms with Crippen molar-refractivity contribution in [1.29, 1.82) is 0 Å². The molecule has 3 aromatic carbocycles. The van der Waals surface area contributed by atoms with Gasteiger partial charge in [0.15, 0.2) is 0 Å². The molecule has 0 bridgehead atoms. The molecule has 0 aromatic heterocycles. The van der Waals surface area contributed by atoms with Crippen molar-refractivity contribution in [3.05, 3.63) is 89.5 Å². The number of nitrogens with zero attached hydrogens (tertiary/aromatic N) is 2. The van der Waals surface area contributed by atoms with Crippen LogP contribution in [0.5, 0.6) is 17.2 Å². The van der Waals surface area contributed by atoms with Crippen molar-refractivity contribution in [2.24, 2.45) is 5.92 Å². The fourth-order valence-corrected chi connectivity index (χ4v) is 5.81. The van der Waals surface area contributed by atoms with Crippen molar-refractivity contribution >= 4 is 11.8 Å². The first-order valence-corrected chi connectivity index (χ1v) is 15.4. The molecule has 43 heavy (non-hydrogen) atoms. The van der Waals surface area contributed by atoms with Gasteiger partial charge in [-0.25, -0.2) is 0 Å². The lowest BCUT2D eigenvalue weighted by molar-refractivity contribution is 0.0426. The smallest absolute Gasteiger partial charge is 0.257 e. The largest absolute Gasteiger partial charge is 0.487 e. The zero-order valence-electron chi connectivity index (χ0n) is 25.7. The number of fused-ring (bicyclic) bond motifs is 1. The fourth-order valence-electron chi connectivity index (χ4n) is 5.81. The Bertz CT molecular complexity index is 1370. The molecule has 8 heteroatoms. The summed E-state index contributed by atoms with van der Waals surface area (Å²) in [5.74, 6) is 1.74. The molecule has 1 fully saturated rings. The van der Waals surface area contributed by atoms with E-state index in [-0.39, 0.29) is 35.9 Å². The predicted molar refractivity (Wildman–Crippen MR) is 169 cm³/mol. The van der Waals surface area contributed by atoms with E-state index in [0.717, 1.165) is 49.5 Å². The molecule has 2 aliphatic rings. The molecular weight excluding hydrogens is 540 g/mol. The molecule has 2 atom stereocenters. The van der Waals surface area contributed by atoms with Crippen LogP contribution in [-0.4, -0.2) is 73.0 Å². The second-order valence-electron chi connectivity index (χ2n) is 12.1. The fraction of sp³-hybridized carbons (Fsp3) is 0.429. The molecule has 1 saturated heterocycles. The Labute approximate surface area is 255 Å². The van der Waals surface area contributed by atoms with E-state index in [1.165, 1.54) is 0 Å². The molecule has 2 amide bonds. The number of rotatable bonds is 9. The van der Waals surface area contributed by atoms with Gasteiger partial charge in [0.2, 0.25) is 0 Å². The summed E-state index contributed by atoms with van der Waals surface area (Å²) in [6.07, 6.45) is 1.53. The third kappa shape index (κ3) is 7.75. The van der Waals surface area contributed by atoms with Crippen LogP contribution in [0.25, 0.3) is 0 Å². The summed E-state index contributed by atoms with van der Waals surface area (Å²) in [6.45, 7) is 9.88. The lowest BCUT2D eigenvalue weighted by Crippen LogP contribution is -2.48. The van der Waals surface area contributed by atoms with Crippen LogP contribution in [-0.2, 0) is 6.54 Å². The van der Waals surface area contributed by atoms with Crippen molar-refractivity contribution in [3.8, 4) is 17.2 Å². The molecule has 2 N–H and O–H groups in total. The summed E-state index contributed by atoms with van der Waals surface area (Å²) in [4.78, 5) is 31.4. The van der Waals surface area contributed by atoms with Gasteiger partial charge in [-0.15, -0.1) is 0 Å². The number of carbonyl (C=O) groups excluding carboxylic acids is 2. The molecule has 0 unspecified atom stereocenters. The lowest BCUT2D eigenvalue weighted by Gasteiger charge is -2.38. The van der Waals surface area contributed by atoms with E-state index >= 15 is 0 Å². The molecule has 2 aliphatic heterocycles. The van der Waals surface area contributed by atoms with Gasteiger partial charge in [0.05, 0.1) is 11.1 Å². The Balaban J connectivity index is 1.34. The minimum Gasteiger partial charge on any atom is -0.487 e. The average molecular weight is 585 g/mol. The first-order chi connectivity index (χ1) is 20.8. The van der Waals surface area contributed by atoms with Crippen LogP contribution in [0.2, 0.25) is 0 Å². The first kappa shape index (κ1) is 30.6. The minimum absolute atomic E-state index is 0.0168. The number of piperidine rings is 1. The summed E-state index contributed by atoms with van der Waals surface area (Å²) in [6, 6.07) is 23.3. The van der Waals surface area contributed by atoms with E-state index < -0.39 is 0 Å². The van der Waals surface area contributed by atoms with Crippen LogP contribution in [0.15, 0.2) is 72.8 Å². The topological polar surface area (TPSA) is 83.1 Å². The highest BCUT2D eigenvalue weighted by molar-refractivity contribution is 6.04. The van der Waals surface area contributed by atoms with Crippen molar-refractivity contribution < 1.29 is 19.1 Å². The highest BCUT2D eigenvalue weighted by Crippen LogP contribution is 2.32. The van der Waals surface area contributed by atoms with Gasteiger partial charge < -0.3 is 25.0 Å². The van der Waals surface area contributed by atoms with Crippen LogP contribution in [0.4, 0.5) is 0 Å². The van der Waals surface area contributed by atoms with Crippen molar-refractivity contribution in [1.82, 2.24) is 20.4 Å². The van der Waals surface area contributed by atoms with Crippen molar-refractivity contribution in [3.63, 3.8) is 0 Å². The number of hydrogen-bond donors (Lipinski definition) is 2. The SMILES string of the molecule is CC(C)N1C[C@H](C)[C@@H](CN(C)Cc2ccc(Oc3ccccc3)cc2)Oc2c(C(=O)NC3CCNCC3)cccc2C1=O. The number of para-hydroxylation sites is 2. The Morgan fingerprint density at radius 1 is 1.02 bits per heavy atom. The molecule has 228 valence electrons. The van der Waals surface area contributed by atoms with Crippen LogP contribution in [0.3, 0.4) is 0 Å². The molecule has 3 aromatic rings. The van der Waals surface area contributed by atoms with Gasteiger partial charge in [-0.2, -0.15) is 0 Å². The predicted octanol–water partition coefficient (Wildman–Crippen LogP) is 5.34. The molecule has 8 nitrogen and oxygen atoms in total. The Morgan fingerprint density at radius 2 is 1.72 bits per heavy atom. The van der Waals surface area contributed by atoms with Crippen LogP contribution < -0.4 is 20.1 Å². The molecular formula is C35H44N4O4. The summed E-state index contributed by atoms with van der Waals surface area (Å²) < 4.78 is 12.6. The number of hydrogen-bond acceptors (Lipinski definition) is 6. The third-order valence-electron chi connectivity index (χ3n) is 8.28. The standard InChI is InChI=1S/C35H44N4O4/c1-24(2)39-21-25(3)32(23-38(4)22-26-13-15-29(16-14-26)42-28-9-6-5-7-10-28)43-33-30(11-8-12-31(33)35(39)41)34(40)37-27-17-19-36-20-18-27/h5-16,24-25,27,32,36H,17-23H2,1-4H3,(H,37,40)/t25-,32+/m0/s1. The van der Waals surface area contributed by atoms with Gasteiger partial charge in [-0.1, -0.05) is 43.3 Å². The lowest BCUT2D eigenvalue weighted by atomic mass is 9.97. The van der Waals surface area contributed by atoms with Gasteiger partial charge in [0.25, 0.3) is 11.8 Å². The molecule has 5 rings (SSSR count). The maximum atomic E-state index is 13.7. The van der Waals surface area contributed by atoms with E-state index in [4.69, 9.17) is 9.47 Å². The molecule has 0 aliphatic carbocycles. The van der Waals surface area contributed by atoms with E-state index in [1.807, 2.05) is 61.2 Å². The second-order valence-corrected chi connectivity index (χ2v) is 12.1. The quantitative estimate of drug-likeness (QED) is 0.353. The van der Waals surface area contributed by atoms with Gasteiger partial charge >= 0.3 is 0 Å². The van der Waals surface area contributed by atoms with Crippen LogP contribution in [0.1, 0.15) is 59.9 Å². The van der Waals surface area contributed by atoms with Crippen molar-refractivity contribution in [2.75, 3.05) is 33.2 Å². The van der Waals surface area contributed by atoms with Gasteiger partial charge in [-0.3, -0.25) is 14.5 Å². The van der Waals surface area contributed by atoms with E-state index in [0.29, 0.717) is 30.0 Å². The number of nitrogens with one attached hydrogen (secondary N) is 2. The zero-order valence-corrected chi connectivity index (χ0v) is 25.7. The number of likely N-dealkylation sites (N-methyl/N-ethyl adjacent to an activating group) is 1. The van der Waals surface area contributed by atoms with Gasteiger partial charge in [-0.05, 0) is 88.8 Å². The zero-order chi connectivity index (χ0) is 30.3. The highest BCUT2D eigenvalue weighted by atomic mass is 16.5. The first-order valence-electron chi connectivity index (χ1n) is 15.4. The Kier molecular flexibility index (Phi) is 10.00. The summed E-state index contributed by atoms with van der Waals surface area (Å²) in [7, 11) is 2.07. The van der Waals surface area contributed by atoms with E-state index in [1.54, 1.807) is 18.2 Å². The summed E-state index contributed by atoms with van der Waals surface area (Å²) in [5, 5.41) is 6.52. The Morgan fingerprint density at radius 3 is 2.42 bits per heavy atom. The second kappa shape index (κ2) is 14.1. The molecule has 2 heterocycles. The summed E-state index contributed by atoms with van der Waals surface area (Å²) in [5.41, 5.74) is 2.02. The normalized spacial score (nSPS) is 19.4. The number of benzene rings is 3. The van der Waals surface area contributed by atoms with Crippen molar-refractivity contribution in [2.45, 2.75) is 58.3 Å². The number of amides is 2. The Hall–Kier alpha value is -3.88. The highest BCUT2D eigenvalue weighted by Gasteiger charge is 2.35. The monoisotopic (exact) mass is 584 g/mol. The van der Waals surface area contributed by atoms with Gasteiger partial charge in [0.1, 0.15) is 23.4 Å². The number of carbonyl (C=O) groups is 2. The summed E-state index contributed by atoms with van der Waals surface area (Å²) >= 11 is 0.